The average Bonchev–Trinajstić information content (AvgIpc) is 2.18. The molecule has 0 aliphatic carbocycles. The molecule has 1 unspecified atom stereocenters. The molecule has 1 saturated heterocycles. The highest BCUT2D eigenvalue weighted by molar-refractivity contribution is 4.73. The molecular weight excluding hydrogens is 174 g/mol. The summed E-state index contributed by atoms with van der Waals surface area (Å²) in [5.74, 6) is 0. The Morgan fingerprint density at radius 3 is 2.86 bits per heavy atom. The fourth-order valence-corrected chi connectivity index (χ4v) is 1.89. The van der Waals surface area contributed by atoms with Gasteiger partial charge >= 0.3 is 0 Å². The van der Waals surface area contributed by atoms with Gasteiger partial charge in [-0.3, -0.25) is 0 Å². The molecule has 3 heteroatoms. The topological polar surface area (TPSA) is 27.3 Å². The summed E-state index contributed by atoms with van der Waals surface area (Å²) in [6, 6.07) is 0.725. The van der Waals surface area contributed by atoms with Crippen LogP contribution < -0.4 is 10.6 Å². The molecule has 0 saturated carbocycles. The van der Waals surface area contributed by atoms with Crippen molar-refractivity contribution >= 4 is 0 Å². The molecule has 0 bridgehead atoms. The lowest BCUT2D eigenvalue weighted by atomic mass is 10.1. The van der Waals surface area contributed by atoms with Crippen molar-refractivity contribution in [1.29, 1.82) is 0 Å². The van der Waals surface area contributed by atoms with Crippen molar-refractivity contribution in [3.05, 3.63) is 0 Å². The number of nitrogens with zero attached hydrogens (tertiary/aromatic N) is 1. The minimum Gasteiger partial charge on any atom is -0.315 e. The highest BCUT2D eigenvalue weighted by Crippen LogP contribution is 2.05. The molecule has 1 fully saturated rings. The van der Waals surface area contributed by atoms with Gasteiger partial charge in [0.2, 0.25) is 0 Å². The maximum Gasteiger partial charge on any atom is 0.0192 e. The third kappa shape index (κ3) is 5.58. The van der Waals surface area contributed by atoms with Gasteiger partial charge in [0.25, 0.3) is 0 Å². The lowest BCUT2D eigenvalue weighted by Gasteiger charge is -2.23. The largest absolute Gasteiger partial charge is 0.315 e. The van der Waals surface area contributed by atoms with Crippen LogP contribution in [0.25, 0.3) is 0 Å². The molecule has 0 spiro atoms. The van der Waals surface area contributed by atoms with E-state index < -0.39 is 0 Å². The number of piperidine rings is 1. The van der Waals surface area contributed by atoms with Crippen LogP contribution in [-0.4, -0.2) is 51.2 Å². The predicted molar refractivity (Wildman–Crippen MR) is 61.7 cm³/mol. The van der Waals surface area contributed by atoms with Crippen LogP contribution in [0.4, 0.5) is 0 Å². The summed E-state index contributed by atoms with van der Waals surface area (Å²) in [5.41, 5.74) is 0. The van der Waals surface area contributed by atoms with Crippen LogP contribution in [0.15, 0.2) is 0 Å². The Balaban J connectivity index is 1.87. The molecule has 1 aliphatic rings. The summed E-state index contributed by atoms with van der Waals surface area (Å²) in [6.45, 7) is 4.69. The van der Waals surface area contributed by atoms with E-state index in [0.717, 1.165) is 19.1 Å². The summed E-state index contributed by atoms with van der Waals surface area (Å²) >= 11 is 0. The highest BCUT2D eigenvalue weighted by atomic mass is 15.1. The third-order valence-corrected chi connectivity index (χ3v) is 2.76. The molecule has 1 heterocycles. The SMILES string of the molecule is CN(C)CCCNCC1CCCCN1. The van der Waals surface area contributed by atoms with Gasteiger partial charge < -0.3 is 15.5 Å². The normalized spacial score (nSPS) is 22.9. The maximum absolute atomic E-state index is 3.55. The van der Waals surface area contributed by atoms with E-state index in [9.17, 15) is 0 Å². The highest BCUT2D eigenvalue weighted by Gasteiger charge is 2.10. The number of hydrogen-bond acceptors (Lipinski definition) is 3. The van der Waals surface area contributed by atoms with E-state index >= 15 is 0 Å². The smallest absolute Gasteiger partial charge is 0.0192 e. The summed E-state index contributed by atoms with van der Waals surface area (Å²) in [4.78, 5) is 2.24. The second-order valence-corrected chi connectivity index (χ2v) is 4.51. The zero-order valence-corrected chi connectivity index (χ0v) is 9.68. The van der Waals surface area contributed by atoms with Crippen LogP contribution in [0.5, 0.6) is 0 Å². The van der Waals surface area contributed by atoms with Crippen LogP contribution >= 0.6 is 0 Å². The van der Waals surface area contributed by atoms with E-state index in [4.69, 9.17) is 0 Å². The first kappa shape index (κ1) is 12.0. The van der Waals surface area contributed by atoms with Gasteiger partial charge in [0.1, 0.15) is 0 Å². The Morgan fingerprint density at radius 1 is 1.36 bits per heavy atom. The van der Waals surface area contributed by atoms with Crippen LogP contribution in [0.1, 0.15) is 25.7 Å². The van der Waals surface area contributed by atoms with Crippen LogP contribution in [0, 0.1) is 0 Å². The van der Waals surface area contributed by atoms with Gasteiger partial charge in [-0.15, -0.1) is 0 Å². The fraction of sp³-hybridized carbons (Fsp3) is 1.00. The average molecular weight is 199 g/mol. The summed E-state index contributed by atoms with van der Waals surface area (Å²) < 4.78 is 0. The maximum atomic E-state index is 3.55. The Bertz CT molecular complexity index is 130. The van der Waals surface area contributed by atoms with Gasteiger partial charge in [-0.1, -0.05) is 6.42 Å². The van der Waals surface area contributed by atoms with Crippen molar-refractivity contribution in [2.75, 3.05) is 40.3 Å². The van der Waals surface area contributed by atoms with E-state index in [-0.39, 0.29) is 0 Å². The van der Waals surface area contributed by atoms with Crippen molar-refractivity contribution in [3.63, 3.8) is 0 Å². The molecule has 84 valence electrons. The van der Waals surface area contributed by atoms with E-state index in [1.54, 1.807) is 0 Å². The first-order valence-corrected chi connectivity index (χ1v) is 5.88. The zero-order valence-electron chi connectivity index (χ0n) is 9.68. The Hall–Kier alpha value is -0.120. The lowest BCUT2D eigenvalue weighted by Crippen LogP contribution is -2.42. The molecule has 1 atom stereocenters. The molecular formula is C11H25N3. The van der Waals surface area contributed by atoms with Gasteiger partial charge in [0, 0.05) is 12.6 Å². The molecule has 3 nitrogen and oxygen atoms in total. The van der Waals surface area contributed by atoms with Gasteiger partial charge in [-0.2, -0.15) is 0 Å². The summed E-state index contributed by atoms with van der Waals surface area (Å²) in [6.07, 6.45) is 5.36. The van der Waals surface area contributed by atoms with E-state index in [2.05, 4.69) is 29.6 Å². The molecule has 0 radical (unpaired) electrons. The zero-order chi connectivity index (χ0) is 10.2. The van der Waals surface area contributed by atoms with Gasteiger partial charge in [-0.25, -0.2) is 0 Å². The standard InChI is InChI=1S/C11H25N3/c1-14(2)9-5-7-12-10-11-6-3-4-8-13-11/h11-13H,3-10H2,1-2H3. The van der Waals surface area contributed by atoms with Crippen molar-refractivity contribution in [2.24, 2.45) is 0 Å². The monoisotopic (exact) mass is 199 g/mol. The van der Waals surface area contributed by atoms with Crippen LogP contribution in [0.2, 0.25) is 0 Å². The molecule has 0 amide bonds. The Labute approximate surface area is 88.2 Å². The number of hydrogen-bond donors (Lipinski definition) is 2. The molecule has 0 aromatic carbocycles. The van der Waals surface area contributed by atoms with E-state index in [1.165, 1.54) is 38.8 Å². The first-order chi connectivity index (χ1) is 6.79. The summed E-state index contributed by atoms with van der Waals surface area (Å²) in [7, 11) is 4.26. The van der Waals surface area contributed by atoms with E-state index in [1.807, 2.05) is 0 Å². The minimum absolute atomic E-state index is 0.725. The number of rotatable bonds is 6. The second kappa shape index (κ2) is 7.21. The minimum atomic E-state index is 0.725. The number of nitrogens with one attached hydrogen (secondary N) is 2. The van der Waals surface area contributed by atoms with Crippen molar-refractivity contribution in [1.82, 2.24) is 15.5 Å². The van der Waals surface area contributed by atoms with Gasteiger partial charge in [-0.05, 0) is 53.0 Å². The van der Waals surface area contributed by atoms with Gasteiger partial charge in [0.05, 0.1) is 0 Å². The van der Waals surface area contributed by atoms with E-state index in [0.29, 0.717) is 0 Å². The molecule has 1 aliphatic heterocycles. The molecule has 2 N–H and O–H groups in total. The predicted octanol–water partition coefficient (Wildman–Crippen LogP) is 0.670. The molecule has 0 aromatic rings. The summed E-state index contributed by atoms with van der Waals surface area (Å²) in [5, 5.41) is 7.07. The lowest BCUT2D eigenvalue weighted by molar-refractivity contribution is 0.367. The van der Waals surface area contributed by atoms with Crippen LogP contribution in [-0.2, 0) is 0 Å². The van der Waals surface area contributed by atoms with Crippen molar-refractivity contribution in [3.8, 4) is 0 Å². The quantitative estimate of drug-likeness (QED) is 0.616. The fourth-order valence-electron chi connectivity index (χ4n) is 1.89. The van der Waals surface area contributed by atoms with Crippen molar-refractivity contribution in [2.45, 2.75) is 31.7 Å². The molecule has 1 rings (SSSR count). The Morgan fingerprint density at radius 2 is 2.21 bits per heavy atom. The van der Waals surface area contributed by atoms with Crippen molar-refractivity contribution < 1.29 is 0 Å². The molecule has 0 aromatic heterocycles. The third-order valence-electron chi connectivity index (χ3n) is 2.76. The van der Waals surface area contributed by atoms with Gasteiger partial charge in [0.15, 0.2) is 0 Å². The first-order valence-electron chi connectivity index (χ1n) is 5.88. The van der Waals surface area contributed by atoms with Crippen LogP contribution in [0.3, 0.4) is 0 Å². The molecule has 14 heavy (non-hydrogen) atoms. The second-order valence-electron chi connectivity index (χ2n) is 4.51. The Kier molecular flexibility index (Phi) is 6.15.